The van der Waals surface area contributed by atoms with Crippen molar-refractivity contribution in [1.82, 2.24) is 9.44 Å². The highest BCUT2D eigenvalue weighted by Crippen LogP contribution is 1.90. The molecule has 0 heterocycles. The van der Waals surface area contributed by atoms with Crippen LogP contribution in [0.3, 0.4) is 0 Å². The van der Waals surface area contributed by atoms with E-state index in [1.807, 2.05) is 0 Å². The molecule has 74 valence electrons. The minimum absolute atomic E-state index is 0.0180. The van der Waals surface area contributed by atoms with Crippen LogP contribution in [0, 0.1) is 0 Å². The topological polar surface area (TPSA) is 78.4 Å². The highest BCUT2D eigenvalue weighted by molar-refractivity contribution is 7.87. The van der Waals surface area contributed by atoms with E-state index in [0.717, 1.165) is 0 Å². The van der Waals surface area contributed by atoms with Crippen molar-refractivity contribution in [3.63, 3.8) is 0 Å². The van der Waals surface area contributed by atoms with E-state index in [4.69, 9.17) is 5.11 Å². The summed E-state index contributed by atoms with van der Waals surface area (Å²) >= 11 is 0. The first-order valence-corrected chi connectivity index (χ1v) is 5.38. The van der Waals surface area contributed by atoms with E-state index in [-0.39, 0.29) is 12.6 Å². The summed E-state index contributed by atoms with van der Waals surface area (Å²) in [5.41, 5.74) is 0. The lowest BCUT2D eigenvalue weighted by atomic mass is 10.3. The molecule has 1 atom stereocenters. The first-order chi connectivity index (χ1) is 5.52. The number of aliphatic hydroxyl groups is 1. The van der Waals surface area contributed by atoms with Gasteiger partial charge in [0.2, 0.25) is 0 Å². The molecule has 0 fully saturated rings. The van der Waals surface area contributed by atoms with E-state index in [1.54, 1.807) is 13.8 Å². The van der Waals surface area contributed by atoms with Crippen LogP contribution < -0.4 is 9.44 Å². The summed E-state index contributed by atoms with van der Waals surface area (Å²) in [4.78, 5) is 0. The maximum Gasteiger partial charge on any atom is 0.277 e. The molecule has 0 radical (unpaired) electrons. The molecule has 0 aliphatic heterocycles. The van der Waals surface area contributed by atoms with Gasteiger partial charge in [-0.3, -0.25) is 0 Å². The summed E-state index contributed by atoms with van der Waals surface area (Å²) in [6, 6.07) is -0.237. The maximum absolute atomic E-state index is 11.0. The molecule has 0 aromatic rings. The Hall–Kier alpha value is -0.170. The number of hydrogen-bond donors (Lipinski definition) is 3. The van der Waals surface area contributed by atoms with Crippen molar-refractivity contribution in [2.24, 2.45) is 0 Å². The minimum Gasteiger partial charge on any atom is -0.396 e. The Kier molecular flexibility index (Phi) is 5.39. The second kappa shape index (κ2) is 5.47. The van der Waals surface area contributed by atoms with Crippen LogP contribution in [0.25, 0.3) is 0 Å². The van der Waals surface area contributed by atoms with E-state index in [1.165, 1.54) is 0 Å². The van der Waals surface area contributed by atoms with E-state index in [0.29, 0.717) is 13.0 Å². The quantitative estimate of drug-likeness (QED) is 0.520. The summed E-state index contributed by atoms with van der Waals surface area (Å²) in [5, 5.41) is 8.51. The van der Waals surface area contributed by atoms with Crippen LogP contribution >= 0.6 is 0 Å². The van der Waals surface area contributed by atoms with Crippen molar-refractivity contribution in [2.45, 2.75) is 26.3 Å². The lowest BCUT2D eigenvalue weighted by Crippen LogP contribution is -2.41. The van der Waals surface area contributed by atoms with Crippen molar-refractivity contribution in [1.29, 1.82) is 0 Å². The van der Waals surface area contributed by atoms with Crippen LogP contribution in [-0.4, -0.2) is 32.7 Å². The predicted molar refractivity (Wildman–Crippen MR) is 46.9 cm³/mol. The molecule has 0 rings (SSSR count). The standard InChI is InChI=1S/C6H16N2O3S/c1-3-7-12(10,11)8-6(2)4-5-9/h6-9H,3-5H2,1-2H3. The van der Waals surface area contributed by atoms with E-state index >= 15 is 0 Å². The van der Waals surface area contributed by atoms with Gasteiger partial charge in [-0.15, -0.1) is 0 Å². The first-order valence-electron chi connectivity index (χ1n) is 3.89. The lowest BCUT2D eigenvalue weighted by molar-refractivity contribution is 0.275. The van der Waals surface area contributed by atoms with Gasteiger partial charge in [-0.1, -0.05) is 6.92 Å². The molecule has 3 N–H and O–H groups in total. The largest absolute Gasteiger partial charge is 0.396 e. The average molecular weight is 196 g/mol. The third-order valence-corrected chi connectivity index (χ3v) is 2.63. The lowest BCUT2D eigenvalue weighted by Gasteiger charge is -2.12. The van der Waals surface area contributed by atoms with Gasteiger partial charge in [0.05, 0.1) is 0 Å². The molecule has 5 nitrogen and oxygen atoms in total. The summed E-state index contributed by atoms with van der Waals surface area (Å²) in [5.74, 6) is 0. The summed E-state index contributed by atoms with van der Waals surface area (Å²) in [7, 11) is -3.36. The fourth-order valence-corrected chi connectivity index (χ4v) is 1.86. The fourth-order valence-electron chi connectivity index (χ4n) is 0.749. The molecule has 12 heavy (non-hydrogen) atoms. The molecule has 6 heteroatoms. The van der Waals surface area contributed by atoms with Crippen LogP contribution in [0.2, 0.25) is 0 Å². The number of rotatable bonds is 6. The van der Waals surface area contributed by atoms with E-state index in [9.17, 15) is 8.42 Å². The zero-order valence-corrected chi connectivity index (χ0v) is 8.19. The molecule has 0 aromatic heterocycles. The average Bonchev–Trinajstić information content (AvgIpc) is 1.85. The van der Waals surface area contributed by atoms with Crippen molar-refractivity contribution in [3.8, 4) is 0 Å². The molecule has 0 amide bonds. The maximum atomic E-state index is 11.0. The van der Waals surface area contributed by atoms with E-state index in [2.05, 4.69) is 9.44 Å². The second-order valence-corrected chi connectivity index (χ2v) is 4.06. The Bertz CT molecular complexity index is 203. The van der Waals surface area contributed by atoms with Crippen molar-refractivity contribution >= 4 is 10.2 Å². The van der Waals surface area contributed by atoms with Crippen LogP contribution in [-0.2, 0) is 10.2 Å². The number of hydrogen-bond acceptors (Lipinski definition) is 3. The first kappa shape index (κ1) is 11.8. The molecular formula is C6H16N2O3S. The van der Waals surface area contributed by atoms with Gasteiger partial charge in [-0.25, -0.2) is 4.72 Å². The molecule has 0 aromatic carbocycles. The monoisotopic (exact) mass is 196 g/mol. The number of nitrogens with one attached hydrogen (secondary N) is 2. The zero-order chi connectivity index (χ0) is 9.61. The Morgan fingerprint density at radius 3 is 2.50 bits per heavy atom. The molecule has 0 saturated heterocycles. The van der Waals surface area contributed by atoms with Crippen LogP contribution in [0.4, 0.5) is 0 Å². The normalized spacial score (nSPS) is 14.6. The molecule has 1 unspecified atom stereocenters. The third kappa shape index (κ3) is 5.48. The van der Waals surface area contributed by atoms with Crippen molar-refractivity contribution in [2.75, 3.05) is 13.2 Å². The fraction of sp³-hybridized carbons (Fsp3) is 1.00. The highest BCUT2D eigenvalue weighted by atomic mass is 32.2. The highest BCUT2D eigenvalue weighted by Gasteiger charge is 2.11. The smallest absolute Gasteiger partial charge is 0.277 e. The molecular weight excluding hydrogens is 180 g/mol. The van der Waals surface area contributed by atoms with Crippen LogP contribution in [0.1, 0.15) is 20.3 Å². The van der Waals surface area contributed by atoms with Gasteiger partial charge >= 0.3 is 0 Å². The SMILES string of the molecule is CCNS(=O)(=O)NC(C)CCO. The number of aliphatic hydroxyl groups excluding tert-OH is 1. The van der Waals surface area contributed by atoms with Gasteiger partial charge in [0.25, 0.3) is 10.2 Å². The third-order valence-electron chi connectivity index (χ3n) is 1.25. The van der Waals surface area contributed by atoms with Gasteiger partial charge in [0.1, 0.15) is 0 Å². The molecule has 0 spiro atoms. The van der Waals surface area contributed by atoms with Gasteiger partial charge in [0, 0.05) is 19.2 Å². The van der Waals surface area contributed by atoms with Crippen molar-refractivity contribution in [3.05, 3.63) is 0 Å². The predicted octanol–water partition coefficient (Wildman–Crippen LogP) is -0.799. The summed E-state index contributed by atoms with van der Waals surface area (Å²) < 4.78 is 26.7. The van der Waals surface area contributed by atoms with Gasteiger partial charge in [-0.2, -0.15) is 13.1 Å². The Labute approximate surface area is 73.4 Å². The van der Waals surface area contributed by atoms with Crippen LogP contribution in [0.15, 0.2) is 0 Å². The summed E-state index contributed by atoms with van der Waals surface area (Å²) in [6.45, 7) is 3.75. The Morgan fingerprint density at radius 2 is 2.08 bits per heavy atom. The zero-order valence-electron chi connectivity index (χ0n) is 7.37. The minimum atomic E-state index is -3.36. The second-order valence-electron chi connectivity index (χ2n) is 2.53. The summed E-state index contributed by atoms with van der Waals surface area (Å²) in [6.07, 6.45) is 0.421. The molecule has 0 saturated carbocycles. The molecule has 0 aliphatic rings. The van der Waals surface area contributed by atoms with Gasteiger partial charge in [-0.05, 0) is 13.3 Å². The van der Waals surface area contributed by atoms with Crippen LogP contribution in [0.5, 0.6) is 0 Å². The van der Waals surface area contributed by atoms with Crippen molar-refractivity contribution < 1.29 is 13.5 Å². The Morgan fingerprint density at radius 1 is 1.50 bits per heavy atom. The molecule has 0 aliphatic carbocycles. The van der Waals surface area contributed by atoms with Gasteiger partial charge < -0.3 is 5.11 Å². The van der Waals surface area contributed by atoms with Gasteiger partial charge in [0.15, 0.2) is 0 Å². The van der Waals surface area contributed by atoms with E-state index < -0.39 is 10.2 Å². The molecule has 0 bridgehead atoms. The Balaban J connectivity index is 3.89.